The van der Waals surface area contributed by atoms with E-state index in [1.807, 2.05) is 11.8 Å². The van der Waals surface area contributed by atoms with Crippen LogP contribution >= 0.6 is 11.8 Å². The first-order valence-electron chi connectivity index (χ1n) is 5.93. The van der Waals surface area contributed by atoms with Crippen molar-refractivity contribution < 1.29 is 0 Å². The SMILES string of the molecule is CN1CCN(CCSc2ccccc2)CC1. The summed E-state index contributed by atoms with van der Waals surface area (Å²) in [6.07, 6.45) is 0. The van der Waals surface area contributed by atoms with Gasteiger partial charge in [-0.2, -0.15) is 0 Å². The van der Waals surface area contributed by atoms with Crippen LogP contribution in [0.2, 0.25) is 0 Å². The number of likely N-dealkylation sites (N-methyl/N-ethyl adjacent to an activating group) is 1. The summed E-state index contributed by atoms with van der Waals surface area (Å²) in [5.41, 5.74) is 0. The highest BCUT2D eigenvalue weighted by atomic mass is 32.2. The zero-order valence-electron chi connectivity index (χ0n) is 9.93. The molecule has 0 amide bonds. The van der Waals surface area contributed by atoms with Gasteiger partial charge in [0, 0.05) is 43.4 Å². The fourth-order valence-electron chi connectivity index (χ4n) is 1.88. The molecule has 0 aliphatic carbocycles. The lowest BCUT2D eigenvalue weighted by molar-refractivity contribution is 0.161. The summed E-state index contributed by atoms with van der Waals surface area (Å²) in [5.74, 6) is 1.20. The number of thioether (sulfide) groups is 1. The second kappa shape index (κ2) is 6.28. The van der Waals surface area contributed by atoms with Crippen molar-refractivity contribution in [2.24, 2.45) is 0 Å². The molecule has 1 aromatic carbocycles. The van der Waals surface area contributed by atoms with Gasteiger partial charge >= 0.3 is 0 Å². The van der Waals surface area contributed by atoms with Gasteiger partial charge in [0.25, 0.3) is 0 Å². The van der Waals surface area contributed by atoms with E-state index in [1.54, 1.807) is 0 Å². The fraction of sp³-hybridized carbons (Fsp3) is 0.538. The van der Waals surface area contributed by atoms with Crippen LogP contribution in [0.4, 0.5) is 0 Å². The lowest BCUT2D eigenvalue weighted by atomic mass is 10.3. The third kappa shape index (κ3) is 3.81. The van der Waals surface area contributed by atoms with Crippen LogP contribution in [0.5, 0.6) is 0 Å². The number of piperazine rings is 1. The molecule has 16 heavy (non-hydrogen) atoms. The van der Waals surface area contributed by atoms with Crippen LogP contribution < -0.4 is 0 Å². The number of rotatable bonds is 4. The van der Waals surface area contributed by atoms with E-state index in [1.165, 1.54) is 43.4 Å². The van der Waals surface area contributed by atoms with E-state index in [0.29, 0.717) is 0 Å². The van der Waals surface area contributed by atoms with E-state index in [-0.39, 0.29) is 0 Å². The van der Waals surface area contributed by atoms with Crippen molar-refractivity contribution in [2.45, 2.75) is 4.90 Å². The molecule has 0 bridgehead atoms. The molecule has 1 heterocycles. The van der Waals surface area contributed by atoms with Crippen molar-refractivity contribution >= 4 is 11.8 Å². The third-order valence-corrected chi connectivity index (χ3v) is 4.01. The van der Waals surface area contributed by atoms with Gasteiger partial charge in [0.05, 0.1) is 0 Å². The van der Waals surface area contributed by atoms with Gasteiger partial charge in [-0.25, -0.2) is 0 Å². The maximum Gasteiger partial charge on any atom is 0.0110 e. The fourth-order valence-corrected chi connectivity index (χ4v) is 2.82. The molecule has 3 heteroatoms. The predicted octanol–water partition coefficient (Wildman–Crippen LogP) is 2.03. The van der Waals surface area contributed by atoms with Gasteiger partial charge in [0.1, 0.15) is 0 Å². The summed E-state index contributed by atoms with van der Waals surface area (Å²) in [7, 11) is 2.20. The van der Waals surface area contributed by atoms with Crippen LogP contribution in [0.25, 0.3) is 0 Å². The van der Waals surface area contributed by atoms with E-state index in [2.05, 4.69) is 47.2 Å². The lowest BCUT2D eigenvalue weighted by Crippen LogP contribution is -2.45. The zero-order valence-corrected chi connectivity index (χ0v) is 10.7. The maximum atomic E-state index is 2.57. The number of hydrogen-bond acceptors (Lipinski definition) is 3. The Balaban J connectivity index is 1.65. The predicted molar refractivity (Wildman–Crippen MR) is 71.1 cm³/mol. The normalized spacial score (nSPS) is 18.8. The summed E-state index contributed by atoms with van der Waals surface area (Å²) in [4.78, 5) is 6.35. The standard InChI is InChI=1S/C13H20N2S/c1-14-7-9-15(10-8-14)11-12-16-13-5-3-2-4-6-13/h2-6H,7-12H2,1H3. The first-order valence-corrected chi connectivity index (χ1v) is 6.92. The molecule has 2 nitrogen and oxygen atoms in total. The van der Waals surface area contributed by atoms with E-state index < -0.39 is 0 Å². The average molecular weight is 236 g/mol. The Morgan fingerprint density at radius 2 is 1.75 bits per heavy atom. The second-order valence-electron chi connectivity index (χ2n) is 4.31. The van der Waals surface area contributed by atoms with Crippen molar-refractivity contribution in [3.63, 3.8) is 0 Å². The molecule has 0 aromatic heterocycles. The molecule has 1 aliphatic rings. The summed E-state index contributed by atoms with van der Waals surface area (Å²) < 4.78 is 0. The van der Waals surface area contributed by atoms with Crippen molar-refractivity contribution in [1.29, 1.82) is 0 Å². The molecule has 0 atom stereocenters. The zero-order chi connectivity index (χ0) is 11.2. The quantitative estimate of drug-likeness (QED) is 0.739. The minimum absolute atomic E-state index is 1.20. The summed E-state index contributed by atoms with van der Waals surface area (Å²) in [5, 5.41) is 0. The first kappa shape index (κ1) is 12.0. The Morgan fingerprint density at radius 1 is 1.06 bits per heavy atom. The third-order valence-electron chi connectivity index (χ3n) is 3.02. The molecular weight excluding hydrogens is 216 g/mol. The Kier molecular flexibility index (Phi) is 4.69. The average Bonchev–Trinajstić information content (AvgIpc) is 2.33. The lowest BCUT2D eigenvalue weighted by Gasteiger charge is -2.32. The Morgan fingerprint density at radius 3 is 2.44 bits per heavy atom. The van der Waals surface area contributed by atoms with Crippen LogP contribution in [0, 0.1) is 0 Å². The Hall–Kier alpha value is -0.510. The molecule has 0 saturated carbocycles. The van der Waals surface area contributed by atoms with Crippen molar-refractivity contribution in [3.8, 4) is 0 Å². The maximum absolute atomic E-state index is 2.57. The van der Waals surface area contributed by atoms with Crippen molar-refractivity contribution in [1.82, 2.24) is 9.80 Å². The molecule has 1 fully saturated rings. The molecular formula is C13H20N2S. The Labute approximate surface area is 103 Å². The molecule has 0 spiro atoms. The summed E-state index contributed by atoms with van der Waals surface area (Å²) in [6, 6.07) is 10.7. The molecule has 1 aliphatic heterocycles. The first-order chi connectivity index (χ1) is 7.84. The van der Waals surface area contributed by atoms with Crippen LogP contribution in [-0.4, -0.2) is 55.3 Å². The van der Waals surface area contributed by atoms with Gasteiger partial charge in [-0.1, -0.05) is 18.2 Å². The highest BCUT2D eigenvalue weighted by molar-refractivity contribution is 7.99. The van der Waals surface area contributed by atoms with Gasteiger partial charge in [-0.15, -0.1) is 11.8 Å². The van der Waals surface area contributed by atoms with E-state index in [9.17, 15) is 0 Å². The molecule has 0 N–H and O–H groups in total. The molecule has 1 saturated heterocycles. The molecule has 88 valence electrons. The highest BCUT2D eigenvalue weighted by Crippen LogP contribution is 2.16. The van der Waals surface area contributed by atoms with Crippen LogP contribution in [0.1, 0.15) is 0 Å². The van der Waals surface area contributed by atoms with Crippen molar-refractivity contribution in [3.05, 3.63) is 30.3 Å². The Bertz CT molecular complexity index is 294. The number of nitrogens with zero attached hydrogens (tertiary/aromatic N) is 2. The van der Waals surface area contributed by atoms with Crippen molar-refractivity contribution in [2.75, 3.05) is 45.5 Å². The summed E-state index contributed by atoms with van der Waals surface area (Å²) >= 11 is 1.96. The molecule has 1 aromatic rings. The molecule has 0 unspecified atom stereocenters. The largest absolute Gasteiger partial charge is 0.304 e. The van der Waals surface area contributed by atoms with Gasteiger partial charge in [-0.3, -0.25) is 4.90 Å². The minimum Gasteiger partial charge on any atom is -0.304 e. The molecule has 0 radical (unpaired) electrons. The van der Waals surface area contributed by atoms with Gasteiger partial charge < -0.3 is 4.90 Å². The summed E-state index contributed by atoms with van der Waals surface area (Å²) in [6.45, 7) is 6.11. The smallest absolute Gasteiger partial charge is 0.0110 e. The second-order valence-corrected chi connectivity index (χ2v) is 5.47. The van der Waals surface area contributed by atoms with Crippen LogP contribution in [0.15, 0.2) is 35.2 Å². The number of benzene rings is 1. The van der Waals surface area contributed by atoms with E-state index in [4.69, 9.17) is 0 Å². The van der Waals surface area contributed by atoms with Gasteiger partial charge in [0.15, 0.2) is 0 Å². The monoisotopic (exact) mass is 236 g/mol. The van der Waals surface area contributed by atoms with E-state index >= 15 is 0 Å². The highest BCUT2D eigenvalue weighted by Gasteiger charge is 2.12. The van der Waals surface area contributed by atoms with Gasteiger partial charge in [0.2, 0.25) is 0 Å². The van der Waals surface area contributed by atoms with E-state index in [0.717, 1.165) is 0 Å². The minimum atomic E-state index is 1.20. The van der Waals surface area contributed by atoms with Crippen LogP contribution in [-0.2, 0) is 0 Å². The number of hydrogen-bond donors (Lipinski definition) is 0. The molecule has 2 rings (SSSR count). The topological polar surface area (TPSA) is 6.48 Å². The van der Waals surface area contributed by atoms with Gasteiger partial charge in [-0.05, 0) is 19.2 Å². The van der Waals surface area contributed by atoms with Crippen LogP contribution in [0.3, 0.4) is 0 Å².